The van der Waals surface area contributed by atoms with Gasteiger partial charge in [0, 0.05) is 29.7 Å². The fraction of sp³-hybridized carbons (Fsp3) is 0.320. The number of pyridine rings is 1. The summed E-state index contributed by atoms with van der Waals surface area (Å²) in [7, 11) is 0. The molecule has 2 fully saturated rings. The van der Waals surface area contributed by atoms with Gasteiger partial charge in [0.25, 0.3) is 5.91 Å². The zero-order valence-corrected chi connectivity index (χ0v) is 18.2. The van der Waals surface area contributed by atoms with Crippen LogP contribution in [0.1, 0.15) is 42.5 Å². The highest BCUT2D eigenvalue weighted by atomic mass is 35.5. The van der Waals surface area contributed by atoms with Gasteiger partial charge < -0.3 is 10.2 Å². The molecule has 1 aliphatic heterocycles. The van der Waals surface area contributed by atoms with Gasteiger partial charge in [-0.15, -0.1) is 0 Å². The summed E-state index contributed by atoms with van der Waals surface area (Å²) in [6, 6.07) is 13.5. The number of benzene rings is 2. The molecule has 1 saturated carbocycles. The van der Waals surface area contributed by atoms with Crippen LogP contribution in [0.15, 0.2) is 54.7 Å². The maximum absolute atomic E-state index is 13.4. The Labute approximate surface area is 190 Å². The Morgan fingerprint density at radius 2 is 1.94 bits per heavy atom. The number of fused-ring (bicyclic) bond motifs is 1. The van der Waals surface area contributed by atoms with Gasteiger partial charge in [-0.2, -0.15) is 0 Å². The van der Waals surface area contributed by atoms with Crippen LogP contribution >= 0.6 is 11.6 Å². The van der Waals surface area contributed by atoms with E-state index in [0.29, 0.717) is 30.6 Å². The number of rotatable bonds is 3. The number of amides is 2. The van der Waals surface area contributed by atoms with Crippen molar-refractivity contribution in [1.82, 2.24) is 10.3 Å². The van der Waals surface area contributed by atoms with E-state index in [1.807, 2.05) is 24.3 Å². The lowest BCUT2D eigenvalue weighted by Crippen LogP contribution is -2.43. The van der Waals surface area contributed by atoms with Gasteiger partial charge in [0.05, 0.1) is 21.6 Å². The Balaban J connectivity index is 1.23. The molecule has 1 aliphatic carbocycles. The van der Waals surface area contributed by atoms with Gasteiger partial charge in [0.1, 0.15) is 5.82 Å². The van der Waals surface area contributed by atoms with E-state index >= 15 is 0 Å². The number of nitrogens with zero attached hydrogens (tertiary/aromatic N) is 2. The van der Waals surface area contributed by atoms with Crippen LogP contribution in [0.2, 0.25) is 5.02 Å². The molecule has 5 rings (SSSR count). The molecular formula is C25H23ClFN3O2. The van der Waals surface area contributed by atoms with Crippen LogP contribution in [0, 0.1) is 11.2 Å². The predicted molar refractivity (Wildman–Crippen MR) is 122 cm³/mol. The highest BCUT2D eigenvalue weighted by Gasteiger charge is 2.49. The summed E-state index contributed by atoms with van der Waals surface area (Å²) in [4.78, 5) is 32.1. The zero-order chi connectivity index (χ0) is 22.3. The first-order valence-corrected chi connectivity index (χ1v) is 11.3. The second kappa shape index (κ2) is 8.17. The Morgan fingerprint density at radius 3 is 2.72 bits per heavy atom. The second-order valence-corrected chi connectivity index (χ2v) is 9.15. The Kier molecular flexibility index (Phi) is 5.33. The van der Waals surface area contributed by atoms with Crippen LogP contribution in [-0.2, 0) is 4.79 Å². The van der Waals surface area contributed by atoms with Crippen molar-refractivity contribution in [2.45, 2.75) is 38.1 Å². The van der Waals surface area contributed by atoms with Crippen LogP contribution < -0.4 is 10.2 Å². The van der Waals surface area contributed by atoms with Gasteiger partial charge in [0.15, 0.2) is 0 Å². The molecule has 1 N–H and O–H groups in total. The lowest BCUT2D eigenvalue weighted by atomic mass is 9.71. The zero-order valence-electron chi connectivity index (χ0n) is 17.5. The molecule has 1 spiro atoms. The van der Waals surface area contributed by atoms with E-state index < -0.39 is 11.2 Å². The molecule has 2 amide bonds. The number of hydrogen-bond donors (Lipinski definition) is 1. The van der Waals surface area contributed by atoms with E-state index in [0.717, 1.165) is 30.2 Å². The summed E-state index contributed by atoms with van der Waals surface area (Å²) in [5.74, 6) is -0.481. The van der Waals surface area contributed by atoms with Gasteiger partial charge in [-0.3, -0.25) is 14.6 Å². The maximum atomic E-state index is 13.4. The first-order chi connectivity index (χ1) is 15.4. The number of halogens is 2. The van der Waals surface area contributed by atoms with Crippen LogP contribution in [0.5, 0.6) is 0 Å². The smallest absolute Gasteiger partial charge is 0.251 e. The number of hydrogen-bond acceptors (Lipinski definition) is 3. The highest BCUT2D eigenvalue weighted by Crippen LogP contribution is 2.47. The van der Waals surface area contributed by atoms with Crippen LogP contribution in [0.3, 0.4) is 0 Å². The van der Waals surface area contributed by atoms with Crippen molar-refractivity contribution in [3.63, 3.8) is 0 Å². The lowest BCUT2D eigenvalue weighted by Gasteiger charge is -2.36. The normalized spacial score (nSPS) is 23.1. The summed E-state index contributed by atoms with van der Waals surface area (Å²) in [5, 5.41) is 4.37. The minimum absolute atomic E-state index is 0.0313. The average molecular weight is 452 g/mol. The molecule has 0 bridgehead atoms. The van der Waals surface area contributed by atoms with Crippen LogP contribution in [-0.4, -0.2) is 29.4 Å². The van der Waals surface area contributed by atoms with E-state index in [2.05, 4.69) is 10.3 Å². The first-order valence-electron chi connectivity index (χ1n) is 10.9. The summed E-state index contributed by atoms with van der Waals surface area (Å²) >= 11 is 6.19. The van der Waals surface area contributed by atoms with Crippen molar-refractivity contribution in [3.05, 3.63) is 71.1 Å². The average Bonchev–Trinajstić information content (AvgIpc) is 3.10. The third-order valence-electron chi connectivity index (χ3n) is 6.86. The van der Waals surface area contributed by atoms with E-state index in [9.17, 15) is 14.0 Å². The van der Waals surface area contributed by atoms with Crippen LogP contribution in [0.25, 0.3) is 10.9 Å². The molecule has 2 aliphatic rings. The van der Waals surface area contributed by atoms with Gasteiger partial charge >= 0.3 is 0 Å². The quantitative estimate of drug-likeness (QED) is 0.601. The molecule has 32 heavy (non-hydrogen) atoms. The van der Waals surface area contributed by atoms with Crippen molar-refractivity contribution >= 4 is 40.0 Å². The number of carbonyl (C=O) groups excluding carboxylic acids is 2. The summed E-state index contributed by atoms with van der Waals surface area (Å²) in [5.41, 5.74) is 1.52. The third kappa shape index (κ3) is 3.73. The molecule has 3 aromatic rings. The van der Waals surface area contributed by atoms with E-state index in [-0.39, 0.29) is 22.9 Å². The SMILES string of the molecule is O=C(NC1CCC2(CC1)CCN(c1ccc(F)cc1Cl)C2=O)c1ccc2cccnc2c1. The monoisotopic (exact) mass is 451 g/mol. The largest absolute Gasteiger partial charge is 0.349 e. The van der Waals surface area contributed by atoms with Crippen molar-refractivity contribution in [3.8, 4) is 0 Å². The van der Waals surface area contributed by atoms with Crippen LogP contribution in [0.4, 0.5) is 10.1 Å². The van der Waals surface area contributed by atoms with Gasteiger partial charge in [0.2, 0.25) is 5.91 Å². The van der Waals surface area contributed by atoms with Gasteiger partial charge in [-0.1, -0.05) is 23.7 Å². The molecule has 164 valence electrons. The molecule has 0 atom stereocenters. The van der Waals surface area contributed by atoms with Crippen molar-refractivity contribution in [1.29, 1.82) is 0 Å². The van der Waals surface area contributed by atoms with E-state index in [1.165, 1.54) is 12.1 Å². The molecular weight excluding hydrogens is 429 g/mol. The topological polar surface area (TPSA) is 62.3 Å². The maximum Gasteiger partial charge on any atom is 0.251 e. The minimum Gasteiger partial charge on any atom is -0.349 e. The molecule has 1 aromatic heterocycles. The Morgan fingerprint density at radius 1 is 1.12 bits per heavy atom. The Hall–Kier alpha value is -2.99. The molecule has 5 nitrogen and oxygen atoms in total. The molecule has 7 heteroatoms. The molecule has 0 unspecified atom stereocenters. The lowest BCUT2D eigenvalue weighted by molar-refractivity contribution is -0.127. The molecule has 1 saturated heterocycles. The van der Waals surface area contributed by atoms with E-state index in [4.69, 9.17) is 11.6 Å². The first kappa shape index (κ1) is 20.9. The number of carbonyl (C=O) groups is 2. The Bertz CT molecular complexity index is 1210. The molecule has 2 heterocycles. The standard InChI is InChI=1S/C25H23ClFN3O2/c26-20-15-18(27)5-6-22(20)30-13-11-25(24(30)32)9-7-19(8-10-25)29-23(31)17-4-3-16-2-1-12-28-21(16)14-17/h1-6,12,14-15,19H,7-11,13H2,(H,29,31). The van der Waals surface area contributed by atoms with Crippen molar-refractivity contribution < 1.29 is 14.0 Å². The number of anilines is 1. The number of nitrogens with one attached hydrogen (secondary N) is 1. The second-order valence-electron chi connectivity index (χ2n) is 8.74. The summed E-state index contributed by atoms with van der Waals surface area (Å²) in [6.07, 6.45) is 5.38. The van der Waals surface area contributed by atoms with Crippen molar-refractivity contribution in [2.24, 2.45) is 5.41 Å². The fourth-order valence-electron chi connectivity index (χ4n) is 5.01. The third-order valence-corrected chi connectivity index (χ3v) is 7.16. The van der Waals surface area contributed by atoms with Gasteiger partial charge in [-0.05, 0) is 68.5 Å². The minimum atomic E-state index is -0.425. The van der Waals surface area contributed by atoms with Gasteiger partial charge in [-0.25, -0.2) is 4.39 Å². The predicted octanol–water partition coefficient (Wildman–Crippen LogP) is 5.12. The highest BCUT2D eigenvalue weighted by molar-refractivity contribution is 6.34. The summed E-state index contributed by atoms with van der Waals surface area (Å²) < 4.78 is 13.4. The van der Waals surface area contributed by atoms with E-state index in [1.54, 1.807) is 23.2 Å². The molecule has 0 radical (unpaired) electrons. The summed E-state index contributed by atoms with van der Waals surface area (Å²) in [6.45, 7) is 0.575. The molecule has 2 aromatic carbocycles. The number of aromatic nitrogens is 1. The fourth-order valence-corrected chi connectivity index (χ4v) is 5.27. The van der Waals surface area contributed by atoms with Crippen molar-refractivity contribution in [2.75, 3.05) is 11.4 Å².